The third kappa shape index (κ3) is 3.47. The average molecular weight is 351 g/mol. The van der Waals surface area contributed by atoms with Crippen molar-refractivity contribution >= 4 is 38.9 Å². The molecule has 2 unspecified atom stereocenters. The Morgan fingerprint density at radius 3 is 2.33 bits per heavy atom. The van der Waals surface area contributed by atoms with Gasteiger partial charge in [0.1, 0.15) is 4.90 Å². The van der Waals surface area contributed by atoms with Crippen LogP contribution in [-0.4, -0.2) is 25.8 Å². The Bertz CT molecular complexity index is 611. The molecule has 2 rings (SSSR count). The molecule has 1 aliphatic rings. The van der Waals surface area contributed by atoms with E-state index in [1.54, 1.807) is 7.05 Å². The van der Waals surface area contributed by atoms with Crippen LogP contribution >= 0.6 is 23.2 Å². The Balaban J connectivity index is 2.38. The largest absolute Gasteiger partial charge is 0.399 e. The summed E-state index contributed by atoms with van der Waals surface area (Å²) in [5.74, 6) is 0.527. The van der Waals surface area contributed by atoms with Crippen molar-refractivity contribution in [2.24, 2.45) is 5.92 Å². The first kappa shape index (κ1) is 16.9. The molecule has 1 fully saturated rings. The highest BCUT2D eigenvalue weighted by atomic mass is 35.5. The maximum Gasteiger partial charge on any atom is 0.246 e. The van der Waals surface area contributed by atoms with Crippen molar-refractivity contribution in [1.82, 2.24) is 4.31 Å². The molecule has 0 amide bonds. The van der Waals surface area contributed by atoms with E-state index in [9.17, 15) is 8.42 Å². The van der Waals surface area contributed by atoms with Crippen LogP contribution in [-0.2, 0) is 10.0 Å². The first-order chi connectivity index (χ1) is 9.73. The second-order valence-corrected chi connectivity index (χ2v) is 8.51. The van der Waals surface area contributed by atoms with Crippen LogP contribution in [0.25, 0.3) is 0 Å². The van der Waals surface area contributed by atoms with Crippen molar-refractivity contribution in [1.29, 1.82) is 0 Å². The predicted molar refractivity (Wildman–Crippen MR) is 87.2 cm³/mol. The van der Waals surface area contributed by atoms with Gasteiger partial charge in [-0.05, 0) is 30.9 Å². The zero-order valence-electron chi connectivity index (χ0n) is 12.1. The number of halogens is 2. The smallest absolute Gasteiger partial charge is 0.246 e. The van der Waals surface area contributed by atoms with E-state index in [-0.39, 0.29) is 21.0 Å². The van der Waals surface area contributed by atoms with Gasteiger partial charge in [0.2, 0.25) is 10.0 Å². The summed E-state index contributed by atoms with van der Waals surface area (Å²) in [6, 6.07) is 2.82. The third-order valence-electron chi connectivity index (χ3n) is 4.08. The first-order valence-corrected chi connectivity index (χ1v) is 9.15. The molecule has 7 heteroatoms. The Labute approximate surface area is 136 Å². The number of anilines is 1. The summed E-state index contributed by atoms with van der Waals surface area (Å²) in [5, 5.41) is 0.131. The lowest BCUT2D eigenvalue weighted by Gasteiger charge is -2.33. The lowest BCUT2D eigenvalue weighted by atomic mass is 9.87. The summed E-state index contributed by atoms with van der Waals surface area (Å²) in [4.78, 5) is -0.0549. The van der Waals surface area contributed by atoms with Gasteiger partial charge in [-0.15, -0.1) is 0 Å². The molecule has 118 valence electrons. The van der Waals surface area contributed by atoms with Gasteiger partial charge in [0.25, 0.3) is 0 Å². The maximum atomic E-state index is 12.8. The Kier molecular flexibility index (Phi) is 5.08. The van der Waals surface area contributed by atoms with Crippen molar-refractivity contribution in [3.8, 4) is 0 Å². The quantitative estimate of drug-likeness (QED) is 0.843. The van der Waals surface area contributed by atoms with Crippen molar-refractivity contribution in [2.45, 2.75) is 43.5 Å². The highest BCUT2D eigenvalue weighted by Gasteiger charge is 2.33. The van der Waals surface area contributed by atoms with Gasteiger partial charge in [-0.2, -0.15) is 4.31 Å². The van der Waals surface area contributed by atoms with Gasteiger partial charge >= 0.3 is 0 Å². The SMILES string of the molecule is CC1CCCC(N(C)S(=O)(=O)c2c(Cl)cc(N)cc2Cl)C1. The molecular weight excluding hydrogens is 331 g/mol. The number of nitrogens with two attached hydrogens (primary N) is 1. The van der Waals surface area contributed by atoms with Crippen LogP contribution in [0, 0.1) is 5.92 Å². The minimum atomic E-state index is -3.73. The lowest BCUT2D eigenvalue weighted by molar-refractivity contribution is 0.239. The molecular formula is C14H20Cl2N2O2S. The number of sulfonamides is 1. The number of nitrogens with zero attached hydrogens (tertiary/aromatic N) is 1. The molecule has 0 aliphatic heterocycles. The number of rotatable bonds is 3. The number of hydrogen-bond donors (Lipinski definition) is 1. The Hall–Kier alpha value is -0.490. The molecule has 2 N–H and O–H groups in total. The highest BCUT2D eigenvalue weighted by molar-refractivity contribution is 7.89. The van der Waals surface area contributed by atoms with Crippen molar-refractivity contribution in [2.75, 3.05) is 12.8 Å². The summed E-state index contributed by atoms with van der Waals surface area (Å²) in [7, 11) is -2.13. The molecule has 0 saturated heterocycles. The molecule has 2 atom stereocenters. The van der Waals surface area contributed by atoms with Crippen LogP contribution < -0.4 is 5.73 Å². The molecule has 1 aliphatic carbocycles. The van der Waals surface area contributed by atoms with E-state index < -0.39 is 10.0 Å². The summed E-state index contributed by atoms with van der Waals surface area (Å²) < 4.78 is 27.0. The fraction of sp³-hybridized carbons (Fsp3) is 0.571. The van der Waals surface area contributed by atoms with Gasteiger partial charge in [-0.1, -0.05) is 43.0 Å². The lowest BCUT2D eigenvalue weighted by Crippen LogP contribution is -2.40. The Morgan fingerprint density at radius 2 is 1.81 bits per heavy atom. The van der Waals surface area contributed by atoms with Gasteiger partial charge in [-0.3, -0.25) is 0 Å². The van der Waals surface area contributed by atoms with E-state index in [2.05, 4.69) is 6.92 Å². The molecule has 4 nitrogen and oxygen atoms in total. The second kappa shape index (κ2) is 6.32. The van der Waals surface area contributed by atoms with Crippen LogP contribution in [0.15, 0.2) is 17.0 Å². The van der Waals surface area contributed by atoms with Gasteiger partial charge < -0.3 is 5.73 Å². The molecule has 0 aromatic heterocycles. The minimum Gasteiger partial charge on any atom is -0.399 e. The van der Waals surface area contributed by atoms with E-state index in [1.165, 1.54) is 16.4 Å². The van der Waals surface area contributed by atoms with Crippen LogP contribution in [0.2, 0.25) is 10.0 Å². The molecule has 0 spiro atoms. The van der Waals surface area contributed by atoms with Crippen molar-refractivity contribution < 1.29 is 8.42 Å². The standard InChI is InChI=1S/C14H20Cl2N2O2S/c1-9-4-3-5-11(6-9)18(2)21(19,20)14-12(15)7-10(17)8-13(14)16/h7-9,11H,3-6,17H2,1-2H3. The molecule has 0 bridgehead atoms. The van der Waals surface area contributed by atoms with E-state index >= 15 is 0 Å². The van der Waals surface area contributed by atoms with Gasteiger partial charge in [0, 0.05) is 18.8 Å². The van der Waals surface area contributed by atoms with Crippen molar-refractivity contribution in [3.05, 3.63) is 22.2 Å². The van der Waals surface area contributed by atoms with Gasteiger partial charge in [-0.25, -0.2) is 8.42 Å². The van der Waals surface area contributed by atoms with Crippen LogP contribution in [0.5, 0.6) is 0 Å². The zero-order valence-corrected chi connectivity index (χ0v) is 14.5. The fourth-order valence-corrected chi connectivity index (χ4v) is 5.47. The summed E-state index contributed by atoms with van der Waals surface area (Å²) in [6.07, 6.45) is 3.91. The van der Waals surface area contributed by atoms with E-state index in [0.29, 0.717) is 11.6 Å². The van der Waals surface area contributed by atoms with E-state index in [1.807, 2.05) is 0 Å². The molecule has 1 aromatic rings. The molecule has 0 heterocycles. The van der Waals surface area contributed by atoms with Crippen molar-refractivity contribution in [3.63, 3.8) is 0 Å². The molecule has 0 radical (unpaired) electrons. The zero-order chi connectivity index (χ0) is 15.8. The monoisotopic (exact) mass is 350 g/mol. The molecule has 1 saturated carbocycles. The fourth-order valence-electron chi connectivity index (χ4n) is 2.90. The van der Waals surface area contributed by atoms with Crippen LogP contribution in [0.4, 0.5) is 5.69 Å². The highest BCUT2D eigenvalue weighted by Crippen LogP contribution is 2.36. The van der Waals surface area contributed by atoms with Crippen LogP contribution in [0.3, 0.4) is 0 Å². The first-order valence-electron chi connectivity index (χ1n) is 6.96. The number of hydrogen-bond acceptors (Lipinski definition) is 3. The van der Waals surface area contributed by atoms with E-state index in [4.69, 9.17) is 28.9 Å². The maximum absolute atomic E-state index is 12.8. The third-order valence-corrected chi connectivity index (χ3v) is 6.91. The molecule has 21 heavy (non-hydrogen) atoms. The average Bonchev–Trinajstić information content (AvgIpc) is 2.36. The van der Waals surface area contributed by atoms with Gasteiger partial charge in [0.15, 0.2) is 0 Å². The normalized spacial score (nSPS) is 23.5. The second-order valence-electron chi connectivity index (χ2n) is 5.76. The Morgan fingerprint density at radius 1 is 1.24 bits per heavy atom. The molecule has 1 aromatic carbocycles. The van der Waals surface area contributed by atoms with Crippen LogP contribution in [0.1, 0.15) is 32.6 Å². The van der Waals surface area contributed by atoms with Gasteiger partial charge in [0.05, 0.1) is 10.0 Å². The summed E-state index contributed by atoms with van der Waals surface area (Å²) in [6.45, 7) is 2.15. The summed E-state index contributed by atoms with van der Waals surface area (Å²) in [5.41, 5.74) is 5.98. The topological polar surface area (TPSA) is 63.4 Å². The number of benzene rings is 1. The predicted octanol–water partition coefficient (Wildman–Crippen LogP) is 3.77. The van der Waals surface area contributed by atoms with E-state index in [0.717, 1.165) is 25.7 Å². The number of nitrogen functional groups attached to an aromatic ring is 1. The summed E-state index contributed by atoms with van der Waals surface area (Å²) >= 11 is 12.1. The minimum absolute atomic E-state index is 0.0107.